The van der Waals surface area contributed by atoms with Gasteiger partial charge in [0.25, 0.3) is 0 Å². The van der Waals surface area contributed by atoms with Crippen molar-refractivity contribution in [2.75, 3.05) is 0 Å². The average Bonchev–Trinajstić information content (AvgIpc) is 2.39. The lowest BCUT2D eigenvalue weighted by Gasteiger charge is -2.22. The number of nitrogens with one attached hydrogen (secondary N) is 1. The molecule has 0 spiro atoms. The standard InChI is InChI=1S/C13H17ClN2S/c1-2-10-8-12(9-15-13(10)14)17-16-11-6-4-3-5-7-11/h2,8-9,11,16H,1,3-7H2. The average molecular weight is 269 g/mol. The summed E-state index contributed by atoms with van der Waals surface area (Å²) >= 11 is 7.58. The van der Waals surface area contributed by atoms with E-state index in [9.17, 15) is 0 Å². The number of nitrogens with zero attached hydrogens (tertiary/aromatic N) is 1. The minimum Gasteiger partial charge on any atom is -0.257 e. The van der Waals surface area contributed by atoms with Crippen LogP contribution in [0.3, 0.4) is 0 Å². The van der Waals surface area contributed by atoms with Crippen LogP contribution in [-0.2, 0) is 0 Å². The first-order chi connectivity index (χ1) is 8.29. The molecule has 1 aliphatic rings. The first kappa shape index (κ1) is 12.9. The lowest BCUT2D eigenvalue weighted by Crippen LogP contribution is -2.25. The molecule has 0 saturated heterocycles. The highest BCUT2D eigenvalue weighted by Gasteiger charge is 2.13. The molecule has 0 amide bonds. The number of pyridine rings is 1. The molecular weight excluding hydrogens is 252 g/mol. The third-order valence-corrected chi connectivity index (χ3v) is 4.24. The van der Waals surface area contributed by atoms with Crippen LogP contribution < -0.4 is 4.72 Å². The Morgan fingerprint density at radius 2 is 2.18 bits per heavy atom. The van der Waals surface area contributed by atoms with Gasteiger partial charge in [-0.3, -0.25) is 4.72 Å². The minimum absolute atomic E-state index is 0.516. The Labute approximate surface area is 112 Å². The number of halogens is 1. The predicted molar refractivity (Wildman–Crippen MR) is 75.2 cm³/mol. The van der Waals surface area contributed by atoms with Crippen molar-refractivity contribution in [2.24, 2.45) is 0 Å². The SMILES string of the molecule is C=Cc1cc(SNC2CCCCC2)cnc1Cl. The molecule has 0 bridgehead atoms. The number of aromatic nitrogens is 1. The molecule has 0 aliphatic heterocycles. The van der Waals surface area contributed by atoms with Crippen LogP contribution in [0.2, 0.25) is 5.15 Å². The molecule has 1 fully saturated rings. The first-order valence-corrected chi connectivity index (χ1v) is 7.19. The molecule has 0 unspecified atom stereocenters. The van der Waals surface area contributed by atoms with Crippen LogP contribution >= 0.6 is 23.5 Å². The van der Waals surface area contributed by atoms with Crippen LogP contribution in [0.1, 0.15) is 37.7 Å². The Morgan fingerprint density at radius 3 is 2.88 bits per heavy atom. The second kappa shape index (κ2) is 6.43. The predicted octanol–water partition coefficient (Wildman–Crippen LogP) is 4.31. The van der Waals surface area contributed by atoms with Crippen LogP contribution in [0.5, 0.6) is 0 Å². The van der Waals surface area contributed by atoms with Gasteiger partial charge in [0.15, 0.2) is 0 Å². The van der Waals surface area contributed by atoms with Gasteiger partial charge >= 0.3 is 0 Å². The van der Waals surface area contributed by atoms with Crippen molar-refractivity contribution < 1.29 is 0 Å². The van der Waals surface area contributed by atoms with Crippen molar-refractivity contribution in [3.63, 3.8) is 0 Å². The van der Waals surface area contributed by atoms with Crippen LogP contribution in [0, 0.1) is 0 Å². The molecule has 1 aromatic rings. The van der Waals surface area contributed by atoms with Crippen LogP contribution in [-0.4, -0.2) is 11.0 Å². The van der Waals surface area contributed by atoms with E-state index in [2.05, 4.69) is 16.3 Å². The molecule has 2 nitrogen and oxygen atoms in total. The van der Waals surface area contributed by atoms with Crippen LogP contribution in [0.25, 0.3) is 6.08 Å². The second-order valence-electron chi connectivity index (χ2n) is 4.31. The van der Waals surface area contributed by atoms with E-state index in [1.165, 1.54) is 32.1 Å². The Bertz CT molecular complexity index is 389. The third-order valence-electron chi connectivity index (χ3n) is 3.01. The van der Waals surface area contributed by atoms with Crippen molar-refractivity contribution in [3.8, 4) is 0 Å². The molecule has 1 saturated carbocycles. The summed E-state index contributed by atoms with van der Waals surface area (Å²) in [5.41, 5.74) is 0.891. The Hall–Kier alpha value is -0.510. The monoisotopic (exact) mass is 268 g/mol. The fourth-order valence-corrected chi connectivity index (χ4v) is 3.03. The smallest absolute Gasteiger partial charge is 0.136 e. The van der Waals surface area contributed by atoms with Gasteiger partial charge in [-0.2, -0.15) is 0 Å². The zero-order valence-electron chi connectivity index (χ0n) is 9.79. The van der Waals surface area contributed by atoms with Gasteiger partial charge in [-0.15, -0.1) is 0 Å². The summed E-state index contributed by atoms with van der Waals surface area (Å²) in [4.78, 5) is 5.24. The number of hydrogen-bond donors (Lipinski definition) is 1. The van der Waals surface area contributed by atoms with E-state index >= 15 is 0 Å². The van der Waals surface area contributed by atoms with Gasteiger partial charge in [0.05, 0.1) is 0 Å². The van der Waals surface area contributed by atoms with Crippen LogP contribution in [0.15, 0.2) is 23.7 Å². The summed E-state index contributed by atoms with van der Waals surface area (Å²) < 4.78 is 3.51. The Morgan fingerprint density at radius 1 is 1.41 bits per heavy atom. The van der Waals surface area contributed by atoms with Crippen molar-refractivity contribution in [1.29, 1.82) is 0 Å². The summed E-state index contributed by atoms with van der Waals surface area (Å²) in [6.45, 7) is 3.73. The highest BCUT2D eigenvalue weighted by molar-refractivity contribution is 7.97. The summed E-state index contributed by atoms with van der Waals surface area (Å²) in [5, 5.41) is 0.516. The molecule has 2 rings (SSSR count). The summed E-state index contributed by atoms with van der Waals surface area (Å²) in [7, 11) is 0. The van der Waals surface area contributed by atoms with E-state index in [4.69, 9.17) is 11.6 Å². The molecule has 1 aromatic heterocycles. The molecular formula is C13H17ClN2S. The largest absolute Gasteiger partial charge is 0.257 e. The highest BCUT2D eigenvalue weighted by Crippen LogP contribution is 2.24. The van der Waals surface area contributed by atoms with Crippen molar-refractivity contribution in [2.45, 2.75) is 43.0 Å². The Kier molecular flexibility index (Phi) is 4.89. The molecule has 0 aromatic carbocycles. The van der Waals surface area contributed by atoms with E-state index in [1.54, 1.807) is 24.2 Å². The van der Waals surface area contributed by atoms with E-state index in [0.29, 0.717) is 11.2 Å². The maximum atomic E-state index is 5.93. The fourth-order valence-electron chi connectivity index (χ4n) is 2.02. The third kappa shape index (κ3) is 3.73. The number of rotatable bonds is 4. The molecule has 0 radical (unpaired) electrons. The zero-order chi connectivity index (χ0) is 12.1. The molecule has 4 heteroatoms. The van der Waals surface area contributed by atoms with Crippen molar-refractivity contribution >= 4 is 29.6 Å². The van der Waals surface area contributed by atoms with Crippen molar-refractivity contribution in [1.82, 2.24) is 9.71 Å². The summed E-state index contributed by atoms with van der Waals surface area (Å²) in [6.07, 6.45) is 10.2. The van der Waals surface area contributed by atoms with Gasteiger partial charge in [0.1, 0.15) is 5.15 Å². The van der Waals surface area contributed by atoms with Gasteiger partial charge in [-0.05, 0) is 30.9 Å². The van der Waals surface area contributed by atoms with Gasteiger partial charge < -0.3 is 0 Å². The van der Waals surface area contributed by atoms with E-state index in [1.807, 2.05) is 6.07 Å². The number of hydrogen-bond acceptors (Lipinski definition) is 3. The molecule has 1 heterocycles. The Balaban J connectivity index is 1.91. The van der Waals surface area contributed by atoms with Gasteiger partial charge in [0.2, 0.25) is 0 Å². The lowest BCUT2D eigenvalue weighted by molar-refractivity contribution is 0.423. The van der Waals surface area contributed by atoms with E-state index < -0.39 is 0 Å². The second-order valence-corrected chi connectivity index (χ2v) is 5.58. The molecule has 0 atom stereocenters. The normalized spacial score (nSPS) is 17.0. The van der Waals surface area contributed by atoms with Crippen molar-refractivity contribution in [3.05, 3.63) is 29.6 Å². The zero-order valence-corrected chi connectivity index (χ0v) is 11.4. The first-order valence-electron chi connectivity index (χ1n) is 6.00. The van der Waals surface area contributed by atoms with Gasteiger partial charge in [0, 0.05) is 22.7 Å². The molecule has 17 heavy (non-hydrogen) atoms. The highest BCUT2D eigenvalue weighted by atomic mass is 35.5. The topological polar surface area (TPSA) is 24.9 Å². The molecule has 1 N–H and O–H groups in total. The van der Waals surface area contributed by atoms with E-state index in [0.717, 1.165) is 10.5 Å². The van der Waals surface area contributed by atoms with E-state index in [-0.39, 0.29) is 0 Å². The molecule has 1 aliphatic carbocycles. The fraction of sp³-hybridized carbons (Fsp3) is 0.462. The quantitative estimate of drug-likeness (QED) is 0.651. The summed E-state index contributed by atoms with van der Waals surface area (Å²) in [6, 6.07) is 2.65. The molecule has 92 valence electrons. The van der Waals surface area contributed by atoms with Gasteiger partial charge in [-0.25, -0.2) is 4.98 Å². The maximum Gasteiger partial charge on any atom is 0.136 e. The lowest BCUT2D eigenvalue weighted by atomic mass is 9.96. The van der Waals surface area contributed by atoms with Gasteiger partial charge in [-0.1, -0.05) is 43.5 Å². The minimum atomic E-state index is 0.516. The maximum absolute atomic E-state index is 5.93. The summed E-state index contributed by atoms with van der Waals surface area (Å²) in [5.74, 6) is 0. The van der Waals surface area contributed by atoms with Crippen LogP contribution in [0.4, 0.5) is 0 Å².